The van der Waals surface area contributed by atoms with Crippen LogP contribution in [0.5, 0.6) is 0 Å². The number of nitrogens with two attached hydrogens (primary N) is 6. The maximum atomic E-state index is 14.4. The van der Waals surface area contributed by atoms with Crippen molar-refractivity contribution >= 4 is 77.3 Å². The minimum Gasteiger partial charge on any atom is -0.394 e. The number of primary amides is 6. The Hall–Kier alpha value is -7.00. The van der Waals surface area contributed by atoms with Crippen molar-refractivity contribution in [3.8, 4) is 0 Å². The highest BCUT2D eigenvalue weighted by molar-refractivity contribution is 7.47. The number of aromatic nitrogens is 2. The van der Waals surface area contributed by atoms with Gasteiger partial charge in [-0.25, -0.2) is 9.55 Å². The van der Waals surface area contributed by atoms with Crippen LogP contribution in [0.1, 0.15) is 150 Å². The number of imidazole rings is 1. The maximum Gasteiger partial charge on any atom is 0.472 e. The van der Waals surface area contributed by atoms with Crippen LogP contribution in [0.15, 0.2) is 67.8 Å². The number of aliphatic hydroxyl groups is 2. The lowest BCUT2D eigenvalue weighted by Crippen LogP contribution is -2.56. The van der Waals surface area contributed by atoms with E-state index >= 15 is 0 Å². The quantitative estimate of drug-likeness (QED) is 0.0603. The summed E-state index contributed by atoms with van der Waals surface area (Å²) in [5.74, 6) is -7.18. The van der Waals surface area contributed by atoms with Gasteiger partial charge in [0, 0.05) is 131 Å². The summed E-state index contributed by atoms with van der Waals surface area (Å²) in [5.41, 5.74) is 37.4. The van der Waals surface area contributed by atoms with Crippen LogP contribution in [-0.2, 0) is 51.9 Å². The first-order valence-electron chi connectivity index (χ1n) is 30.6. The number of benzene rings is 1. The molecule has 27 nitrogen and oxygen atoms in total. The van der Waals surface area contributed by atoms with E-state index in [9.17, 15) is 53.2 Å². The highest BCUT2D eigenvalue weighted by atomic mass is 31.2. The fourth-order valence-electron chi connectivity index (χ4n) is 15.4. The number of fused-ring (bicyclic) bond motifs is 7. The van der Waals surface area contributed by atoms with Gasteiger partial charge >= 0.3 is 7.82 Å². The lowest BCUT2D eigenvalue weighted by Gasteiger charge is -2.48. The van der Waals surface area contributed by atoms with E-state index in [1.165, 1.54) is 13.3 Å². The molecule has 0 radical (unpaired) electrons. The number of carbonyl (C=O) groups is 7. The zero-order valence-electron chi connectivity index (χ0n) is 53.3. The Balaban J connectivity index is 1.19. The molecule has 90 heavy (non-hydrogen) atoms. The molecular weight excluding hydrogens is 1180 g/mol. The molecule has 15 atom stereocenters. The van der Waals surface area contributed by atoms with E-state index in [2.05, 4.69) is 15.6 Å². The van der Waals surface area contributed by atoms with Crippen molar-refractivity contribution in [1.82, 2.24) is 20.2 Å². The average molecular weight is 1270 g/mol. The number of allylic oxidation sites excluding steroid dienone is 6. The van der Waals surface area contributed by atoms with E-state index in [1.54, 1.807) is 4.57 Å². The smallest absolute Gasteiger partial charge is 0.394 e. The van der Waals surface area contributed by atoms with E-state index < -0.39 is 143 Å². The molecule has 0 saturated carbocycles. The van der Waals surface area contributed by atoms with Crippen molar-refractivity contribution < 1.29 is 67.0 Å². The molecule has 7 heterocycles. The summed E-state index contributed by atoms with van der Waals surface area (Å²) in [6, 6.07) is 2.70. The summed E-state index contributed by atoms with van der Waals surface area (Å²) in [6.45, 7) is 19.3. The zero-order chi connectivity index (χ0) is 66.7. The second-order valence-corrected chi connectivity index (χ2v) is 28.4. The predicted molar refractivity (Wildman–Crippen MR) is 334 cm³/mol. The lowest BCUT2D eigenvalue weighted by atomic mass is 9.55. The number of phosphoric acid groups is 1. The molecule has 2 saturated heterocycles. The first kappa shape index (κ1) is 68.9. The van der Waals surface area contributed by atoms with Gasteiger partial charge in [-0.15, -0.1) is 0 Å². The van der Waals surface area contributed by atoms with Crippen LogP contribution in [0.4, 0.5) is 0 Å². The van der Waals surface area contributed by atoms with Crippen molar-refractivity contribution in [2.45, 2.75) is 189 Å². The first-order chi connectivity index (χ1) is 41.8. The molecule has 1 aromatic carbocycles. The number of nitrogens with zero attached hydrogens (tertiary/aromatic N) is 5. The molecule has 492 valence electrons. The van der Waals surface area contributed by atoms with Gasteiger partial charge in [0.05, 0.1) is 41.7 Å². The van der Waals surface area contributed by atoms with Crippen molar-refractivity contribution in [2.24, 2.45) is 94.7 Å². The largest absolute Gasteiger partial charge is 0.472 e. The molecule has 7 amide bonds. The van der Waals surface area contributed by atoms with Gasteiger partial charge in [-0.05, 0) is 108 Å². The lowest BCUT2D eigenvalue weighted by molar-refractivity contribution is -0.124. The molecule has 6 aliphatic rings. The summed E-state index contributed by atoms with van der Waals surface area (Å²) in [5, 5.41) is 28.2. The van der Waals surface area contributed by atoms with Crippen molar-refractivity contribution in [1.29, 1.82) is 0 Å². The molecule has 17 N–H and O–H groups in total. The van der Waals surface area contributed by atoms with Crippen LogP contribution in [0.2, 0.25) is 0 Å². The number of ether oxygens (including phenoxy) is 1. The molecule has 8 bridgehead atoms. The molecule has 8 rings (SSSR count). The molecule has 1 aromatic heterocycles. The summed E-state index contributed by atoms with van der Waals surface area (Å²) in [7, 11) is -5.07. The Morgan fingerprint density at radius 2 is 1.40 bits per heavy atom. The highest BCUT2D eigenvalue weighted by Crippen LogP contribution is 2.63. The zero-order valence-corrected chi connectivity index (χ0v) is 54.1. The van der Waals surface area contributed by atoms with Gasteiger partial charge in [-0.1, -0.05) is 34.6 Å². The molecule has 4 unspecified atom stereocenters. The third-order valence-electron chi connectivity index (χ3n) is 20.6. The number of amides is 7. The standard InChI is InChI=1S/C62H90N13O14P/c1-29-20-39-40(21-30(29)2)75(28-70-39)57-52(84)53(41(27-76)87-57)89-90(85,86)88-31(3)26-69-49(83)18-19-59(8)37(22-46(66)80)56-62(11)61(10,25-48(68)82)36(14-17-45(65)79)51(74-62)33(5)55-60(9,24-47(67)81)34(12-15-43(63)77)38(71-55)23-42-58(6,7)35(13-16-44(64)78)50(72-42)32(4)54(59)73-56/h20-21,23,28,31,34-37,41,52-53,56-57,71,76,84H,12-19,22,24-27H2,1-11H3,(H2,63,77)(H2,64,78)(H2,65,79)(H2,66,80)(H2,67,81)(H2,68,82)(H,69,83)(H,85,86)/b38-23-,50-32-,55-33-/t31?,34-,35-,36-,37?,41-,52-,53-,56?,57+,59-,60+,61+,62+/m1/s1. The summed E-state index contributed by atoms with van der Waals surface area (Å²) < 4.78 is 32.3. The fraction of sp³-hybridized carbons (Fsp3) is 0.629. The van der Waals surface area contributed by atoms with E-state index in [-0.39, 0.29) is 77.2 Å². The molecule has 6 aliphatic heterocycles. The van der Waals surface area contributed by atoms with E-state index in [1.807, 2.05) is 87.4 Å². The Kier molecular flexibility index (Phi) is 19.6. The Bertz CT molecular complexity index is 3540. The molecule has 2 aromatic rings. The topological polar surface area (TPSA) is 460 Å². The van der Waals surface area contributed by atoms with Crippen molar-refractivity contribution in [3.05, 3.63) is 63.9 Å². The molecule has 0 aliphatic carbocycles. The van der Waals surface area contributed by atoms with E-state index in [4.69, 9.17) is 63.2 Å². The van der Waals surface area contributed by atoms with Gasteiger partial charge in [0.2, 0.25) is 41.4 Å². The normalized spacial score (nSPS) is 34.2. The first-order valence-corrected chi connectivity index (χ1v) is 32.1. The summed E-state index contributed by atoms with van der Waals surface area (Å²) in [4.78, 5) is 126. The van der Waals surface area contributed by atoms with Gasteiger partial charge in [0.25, 0.3) is 0 Å². The van der Waals surface area contributed by atoms with Gasteiger partial charge in [0.1, 0.15) is 18.3 Å². The van der Waals surface area contributed by atoms with Crippen LogP contribution in [0.25, 0.3) is 11.0 Å². The van der Waals surface area contributed by atoms with Crippen molar-refractivity contribution in [3.63, 3.8) is 0 Å². The monoisotopic (exact) mass is 1270 g/mol. The second-order valence-electron chi connectivity index (χ2n) is 27.1. The van der Waals surface area contributed by atoms with Gasteiger partial charge < -0.3 is 69.4 Å². The third kappa shape index (κ3) is 13.0. The van der Waals surface area contributed by atoms with Gasteiger partial charge in [-0.3, -0.25) is 57.6 Å². The van der Waals surface area contributed by atoms with Crippen LogP contribution in [0, 0.1) is 59.2 Å². The number of aliphatic hydroxyl groups excluding tert-OH is 2. The van der Waals surface area contributed by atoms with Gasteiger partial charge in [-0.2, -0.15) is 0 Å². The van der Waals surface area contributed by atoms with Crippen molar-refractivity contribution in [2.75, 3.05) is 13.2 Å². The second kappa shape index (κ2) is 25.6. The SMILES string of the molecule is C/C1=C2N=C(/C=C3\N/C(=C(/C)C4=N[C@@](C)(C5N=C1[C@](C)(CCC(=O)NCC(C)OP(=O)(O)O[C@H]1[C@@H](O)[C@@H](n6cnc7cc(C)c(C)cc76)O[C@@H]1CO)C5CC(N)=O)[C@@](C)(CC(N)=O)[C@@H]4CCC(N)=O)[C@@](C)(CC(N)=O)[C@@H]3CCC(N)=O)C(C)(C)[C@@H]/2CCC(N)=O. The molecular formula is C62H90N13O14P. The van der Waals surface area contributed by atoms with E-state index in [0.29, 0.717) is 56.4 Å². The number of hydrogen-bond donors (Lipinski definition) is 11. The molecule has 28 heteroatoms. The minimum absolute atomic E-state index is 0.0114. The number of aliphatic imine (C=N–C) groups is 3. The predicted octanol–water partition coefficient (Wildman–Crippen LogP) is 3.16. The Morgan fingerprint density at radius 1 is 0.800 bits per heavy atom. The summed E-state index contributed by atoms with van der Waals surface area (Å²) in [6.07, 6.45) is -4.26. The maximum absolute atomic E-state index is 14.4. The number of aryl methyl sites for hydroxylation is 2. The van der Waals surface area contributed by atoms with Crippen LogP contribution < -0.4 is 45.0 Å². The average Bonchev–Trinajstić information content (AvgIpc) is 1.53. The number of nitrogens with one attached hydrogen (secondary N) is 2. The number of hydrogen-bond acceptors (Lipinski definition) is 18. The number of rotatable bonds is 26. The fourth-order valence-corrected chi connectivity index (χ4v) is 16.6. The Morgan fingerprint density at radius 3 is 1.99 bits per heavy atom. The number of phosphoric ester groups is 1. The third-order valence-corrected chi connectivity index (χ3v) is 21.7. The minimum atomic E-state index is -5.07. The van der Waals surface area contributed by atoms with Crippen LogP contribution in [-0.4, -0.2) is 132 Å². The highest BCUT2D eigenvalue weighted by Gasteiger charge is 2.66. The van der Waals surface area contributed by atoms with E-state index in [0.717, 1.165) is 11.1 Å². The Labute approximate surface area is 523 Å². The number of carbonyl (C=O) groups excluding carboxylic acids is 7. The van der Waals surface area contributed by atoms with Crippen LogP contribution in [0.3, 0.4) is 0 Å². The summed E-state index contributed by atoms with van der Waals surface area (Å²) >= 11 is 0. The molecule has 2 fully saturated rings. The molecule has 0 spiro atoms. The van der Waals surface area contributed by atoms with Crippen LogP contribution >= 0.6 is 7.82 Å². The van der Waals surface area contributed by atoms with Gasteiger partial charge in [0.15, 0.2) is 6.23 Å².